The Balaban J connectivity index is 2.30. The fourth-order valence-electron chi connectivity index (χ4n) is 1.49. The first kappa shape index (κ1) is 8.25. The standard InChI is InChI=1S/C8H11N3O2/c1-8(7(12)13)2-5-6(3-11-8)10-4-9-5/h4,11H,2-3H2,1H3,(H,9,10)(H,12,13)/t8-/m1/s1. The van der Waals surface area contributed by atoms with Gasteiger partial charge in [-0.25, -0.2) is 4.98 Å². The van der Waals surface area contributed by atoms with E-state index >= 15 is 0 Å². The topological polar surface area (TPSA) is 78.0 Å². The number of imidazole rings is 1. The molecule has 5 heteroatoms. The zero-order chi connectivity index (χ0) is 9.47. The van der Waals surface area contributed by atoms with Gasteiger partial charge >= 0.3 is 5.97 Å². The molecule has 1 atom stereocenters. The normalized spacial score (nSPS) is 26.8. The van der Waals surface area contributed by atoms with Gasteiger partial charge in [-0.3, -0.25) is 10.1 Å². The Kier molecular flexibility index (Phi) is 1.63. The first-order valence-corrected chi connectivity index (χ1v) is 4.11. The second-order valence-corrected chi connectivity index (χ2v) is 3.50. The summed E-state index contributed by atoms with van der Waals surface area (Å²) in [5, 5.41) is 11.9. The van der Waals surface area contributed by atoms with Gasteiger partial charge in [0.05, 0.1) is 17.7 Å². The minimum Gasteiger partial charge on any atom is -0.480 e. The van der Waals surface area contributed by atoms with E-state index in [1.54, 1.807) is 13.3 Å². The van der Waals surface area contributed by atoms with Crippen LogP contribution in [0.15, 0.2) is 6.33 Å². The molecule has 0 aromatic carbocycles. The lowest BCUT2D eigenvalue weighted by atomic mass is 9.92. The Labute approximate surface area is 75.2 Å². The van der Waals surface area contributed by atoms with E-state index in [9.17, 15) is 4.79 Å². The molecular formula is C8H11N3O2. The average molecular weight is 181 g/mol. The van der Waals surface area contributed by atoms with Crippen molar-refractivity contribution in [3.05, 3.63) is 17.7 Å². The van der Waals surface area contributed by atoms with Gasteiger partial charge in [0.2, 0.25) is 0 Å². The molecule has 0 amide bonds. The van der Waals surface area contributed by atoms with E-state index in [1.165, 1.54) is 0 Å². The van der Waals surface area contributed by atoms with Gasteiger partial charge in [-0.1, -0.05) is 0 Å². The van der Waals surface area contributed by atoms with Crippen molar-refractivity contribution >= 4 is 5.97 Å². The first-order valence-electron chi connectivity index (χ1n) is 4.11. The number of rotatable bonds is 1. The van der Waals surface area contributed by atoms with E-state index in [0.29, 0.717) is 13.0 Å². The Morgan fingerprint density at radius 1 is 1.77 bits per heavy atom. The number of carboxylic acid groups (broad SMARTS) is 1. The van der Waals surface area contributed by atoms with E-state index in [2.05, 4.69) is 15.3 Å². The molecule has 1 aromatic rings. The highest BCUT2D eigenvalue weighted by Crippen LogP contribution is 2.20. The van der Waals surface area contributed by atoms with Gasteiger partial charge < -0.3 is 10.1 Å². The van der Waals surface area contributed by atoms with E-state index in [-0.39, 0.29) is 0 Å². The predicted molar refractivity (Wildman–Crippen MR) is 45.2 cm³/mol. The third-order valence-corrected chi connectivity index (χ3v) is 2.46. The van der Waals surface area contributed by atoms with Crippen LogP contribution in [-0.4, -0.2) is 26.6 Å². The van der Waals surface area contributed by atoms with Gasteiger partial charge in [-0.15, -0.1) is 0 Å². The van der Waals surface area contributed by atoms with Crippen LogP contribution in [-0.2, 0) is 17.8 Å². The first-order chi connectivity index (χ1) is 6.12. The number of hydrogen-bond donors (Lipinski definition) is 3. The lowest BCUT2D eigenvalue weighted by molar-refractivity contribution is -0.144. The molecule has 0 radical (unpaired) electrons. The van der Waals surface area contributed by atoms with Crippen LogP contribution in [0, 0.1) is 0 Å². The maximum Gasteiger partial charge on any atom is 0.324 e. The van der Waals surface area contributed by atoms with Crippen LogP contribution in [0.2, 0.25) is 0 Å². The summed E-state index contributed by atoms with van der Waals surface area (Å²) in [6, 6.07) is 0. The summed E-state index contributed by atoms with van der Waals surface area (Å²) in [4.78, 5) is 18.0. The molecule has 13 heavy (non-hydrogen) atoms. The Hall–Kier alpha value is -1.36. The molecule has 1 aliphatic rings. The highest BCUT2D eigenvalue weighted by molar-refractivity contribution is 5.79. The molecule has 0 unspecified atom stereocenters. The number of carboxylic acids is 1. The van der Waals surface area contributed by atoms with Crippen molar-refractivity contribution in [2.75, 3.05) is 0 Å². The highest BCUT2D eigenvalue weighted by Gasteiger charge is 2.37. The van der Waals surface area contributed by atoms with Crippen molar-refractivity contribution in [3.63, 3.8) is 0 Å². The summed E-state index contributed by atoms with van der Waals surface area (Å²) < 4.78 is 0. The van der Waals surface area contributed by atoms with E-state index in [4.69, 9.17) is 5.11 Å². The fourth-order valence-corrected chi connectivity index (χ4v) is 1.49. The van der Waals surface area contributed by atoms with Crippen LogP contribution in [0.4, 0.5) is 0 Å². The Morgan fingerprint density at radius 3 is 3.23 bits per heavy atom. The molecule has 0 bridgehead atoms. The third-order valence-electron chi connectivity index (χ3n) is 2.46. The zero-order valence-corrected chi connectivity index (χ0v) is 7.29. The summed E-state index contributed by atoms with van der Waals surface area (Å²) in [7, 11) is 0. The van der Waals surface area contributed by atoms with Gasteiger partial charge in [0.15, 0.2) is 0 Å². The van der Waals surface area contributed by atoms with Gasteiger partial charge in [0, 0.05) is 13.0 Å². The number of nitrogens with zero attached hydrogens (tertiary/aromatic N) is 1. The lowest BCUT2D eigenvalue weighted by Crippen LogP contribution is -2.53. The summed E-state index contributed by atoms with van der Waals surface area (Å²) in [5.74, 6) is -0.832. The molecule has 70 valence electrons. The largest absolute Gasteiger partial charge is 0.480 e. The van der Waals surface area contributed by atoms with Crippen molar-refractivity contribution in [1.29, 1.82) is 0 Å². The third kappa shape index (κ3) is 1.21. The summed E-state index contributed by atoms with van der Waals surface area (Å²) >= 11 is 0. The molecular weight excluding hydrogens is 170 g/mol. The van der Waals surface area contributed by atoms with Crippen LogP contribution >= 0.6 is 0 Å². The molecule has 5 nitrogen and oxygen atoms in total. The minimum atomic E-state index is -0.873. The lowest BCUT2D eigenvalue weighted by Gasteiger charge is -2.29. The molecule has 3 N–H and O–H groups in total. The maximum atomic E-state index is 10.9. The highest BCUT2D eigenvalue weighted by atomic mass is 16.4. The predicted octanol–water partition coefficient (Wildman–Crippen LogP) is -0.101. The van der Waals surface area contributed by atoms with Crippen molar-refractivity contribution in [2.24, 2.45) is 0 Å². The Morgan fingerprint density at radius 2 is 2.54 bits per heavy atom. The molecule has 0 saturated heterocycles. The molecule has 0 spiro atoms. The number of aromatic amines is 1. The van der Waals surface area contributed by atoms with Crippen LogP contribution in [0.3, 0.4) is 0 Å². The number of aromatic nitrogens is 2. The van der Waals surface area contributed by atoms with Gasteiger partial charge in [0.25, 0.3) is 0 Å². The quantitative estimate of drug-likeness (QED) is 0.565. The van der Waals surface area contributed by atoms with Crippen LogP contribution in [0.25, 0.3) is 0 Å². The monoisotopic (exact) mass is 181 g/mol. The summed E-state index contributed by atoms with van der Waals surface area (Å²) in [5.41, 5.74) is 0.963. The molecule has 0 saturated carbocycles. The zero-order valence-electron chi connectivity index (χ0n) is 7.29. The SMILES string of the molecule is C[C@]1(C(=O)O)Cc2nc[nH]c2CN1. The second-order valence-electron chi connectivity index (χ2n) is 3.50. The number of carbonyl (C=O) groups is 1. The number of nitrogens with one attached hydrogen (secondary N) is 2. The van der Waals surface area contributed by atoms with Crippen LogP contribution in [0.1, 0.15) is 18.3 Å². The fraction of sp³-hybridized carbons (Fsp3) is 0.500. The van der Waals surface area contributed by atoms with Gasteiger partial charge in [0.1, 0.15) is 5.54 Å². The number of fused-ring (bicyclic) bond motifs is 1. The van der Waals surface area contributed by atoms with Crippen molar-refractivity contribution in [3.8, 4) is 0 Å². The van der Waals surface area contributed by atoms with Crippen molar-refractivity contribution < 1.29 is 9.90 Å². The number of hydrogen-bond acceptors (Lipinski definition) is 3. The van der Waals surface area contributed by atoms with E-state index in [0.717, 1.165) is 11.4 Å². The molecule has 0 aliphatic carbocycles. The van der Waals surface area contributed by atoms with Gasteiger partial charge in [-0.2, -0.15) is 0 Å². The molecule has 2 heterocycles. The molecule has 1 aliphatic heterocycles. The van der Waals surface area contributed by atoms with Crippen molar-refractivity contribution in [1.82, 2.24) is 15.3 Å². The Bertz CT molecular complexity index is 347. The van der Waals surface area contributed by atoms with E-state index < -0.39 is 11.5 Å². The second kappa shape index (κ2) is 2.56. The van der Waals surface area contributed by atoms with Crippen LogP contribution < -0.4 is 5.32 Å². The van der Waals surface area contributed by atoms with Crippen molar-refractivity contribution in [2.45, 2.75) is 25.4 Å². The molecule has 1 aromatic heterocycles. The number of H-pyrrole nitrogens is 1. The van der Waals surface area contributed by atoms with E-state index in [1.807, 2.05) is 0 Å². The van der Waals surface area contributed by atoms with Gasteiger partial charge in [-0.05, 0) is 6.92 Å². The number of aliphatic carboxylic acids is 1. The average Bonchev–Trinajstić information content (AvgIpc) is 2.50. The van der Waals surface area contributed by atoms with Crippen LogP contribution in [0.5, 0.6) is 0 Å². The minimum absolute atomic E-state index is 0.432. The molecule has 2 rings (SSSR count). The smallest absolute Gasteiger partial charge is 0.324 e. The molecule has 0 fully saturated rings. The summed E-state index contributed by atoms with van der Waals surface area (Å²) in [6.07, 6.45) is 2.03. The maximum absolute atomic E-state index is 10.9. The summed E-state index contributed by atoms with van der Waals surface area (Å²) in [6.45, 7) is 2.21.